The van der Waals surface area contributed by atoms with Crippen molar-refractivity contribution in [2.45, 2.75) is 40.5 Å². The van der Waals surface area contributed by atoms with Crippen LogP contribution in [0.2, 0.25) is 0 Å². The van der Waals surface area contributed by atoms with Crippen LogP contribution in [0.3, 0.4) is 0 Å². The van der Waals surface area contributed by atoms with Gasteiger partial charge in [0.1, 0.15) is 4.88 Å². The Kier molecular flexibility index (Phi) is 5.72. The maximum absolute atomic E-state index is 12.3. The predicted octanol–water partition coefficient (Wildman–Crippen LogP) is 3.93. The summed E-state index contributed by atoms with van der Waals surface area (Å²) >= 11 is 1.52. The van der Waals surface area contributed by atoms with Gasteiger partial charge < -0.3 is 5.32 Å². The molecule has 0 atom stereocenters. The molecule has 0 aliphatic rings. The van der Waals surface area contributed by atoms with Crippen LogP contribution in [-0.2, 0) is 12.8 Å². The average molecular weight is 316 g/mol. The van der Waals surface area contributed by atoms with E-state index in [-0.39, 0.29) is 5.91 Å². The minimum atomic E-state index is -0.00217. The lowest BCUT2D eigenvalue weighted by atomic mass is 10.1. The van der Waals surface area contributed by atoms with Gasteiger partial charge in [-0.15, -0.1) is 11.3 Å². The van der Waals surface area contributed by atoms with Crippen molar-refractivity contribution in [3.8, 4) is 0 Å². The molecule has 0 aliphatic heterocycles. The normalized spacial score (nSPS) is 11.0. The van der Waals surface area contributed by atoms with E-state index in [1.807, 2.05) is 6.92 Å². The van der Waals surface area contributed by atoms with Crippen LogP contribution in [0, 0.1) is 19.8 Å². The smallest absolute Gasteiger partial charge is 0.263 e. The molecule has 4 heteroatoms. The van der Waals surface area contributed by atoms with Crippen LogP contribution in [0.25, 0.3) is 0 Å². The van der Waals surface area contributed by atoms with E-state index in [9.17, 15) is 4.79 Å². The largest absolute Gasteiger partial charge is 0.351 e. The van der Waals surface area contributed by atoms with Crippen molar-refractivity contribution >= 4 is 17.2 Å². The Balaban J connectivity index is 1.91. The second kappa shape index (κ2) is 7.54. The lowest BCUT2D eigenvalue weighted by Gasteiger charge is -2.05. The number of aryl methyl sites for hydroxylation is 2. The molecule has 0 spiro atoms. The first kappa shape index (κ1) is 16.7. The number of thiazole rings is 1. The Morgan fingerprint density at radius 1 is 1.32 bits per heavy atom. The molecule has 1 aromatic heterocycles. The molecule has 0 saturated heterocycles. The molecule has 0 radical (unpaired) electrons. The summed E-state index contributed by atoms with van der Waals surface area (Å²) in [5, 5.41) is 4.06. The van der Waals surface area contributed by atoms with Crippen LogP contribution in [0.5, 0.6) is 0 Å². The Bertz CT molecular complexity index is 646. The van der Waals surface area contributed by atoms with E-state index in [4.69, 9.17) is 0 Å². The van der Waals surface area contributed by atoms with E-state index < -0.39 is 0 Å². The Labute approximate surface area is 136 Å². The molecule has 0 aliphatic carbocycles. The van der Waals surface area contributed by atoms with Crippen LogP contribution < -0.4 is 5.32 Å². The summed E-state index contributed by atoms with van der Waals surface area (Å²) in [6, 6.07) is 8.39. The van der Waals surface area contributed by atoms with Crippen LogP contribution in [0.1, 0.15) is 45.3 Å². The highest BCUT2D eigenvalue weighted by molar-refractivity contribution is 7.13. The highest BCUT2D eigenvalue weighted by Crippen LogP contribution is 2.20. The zero-order chi connectivity index (χ0) is 16.1. The lowest BCUT2D eigenvalue weighted by Crippen LogP contribution is -2.25. The van der Waals surface area contributed by atoms with E-state index in [1.54, 1.807) is 0 Å². The maximum atomic E-state index is 12.3. The van der Waals surface area contributed by atoms with Gasteiger partial charge in [0.05, 0.1) is 10.7 Å². The van der Waals surface area contributed by atoms with Crippen molar-refractivity contribution in [3.63, 3.8) is 0 Å². The fraction of sp³-hybridized carbons (Fsp3) is 0.444. The topological polar surface area (TPSA) is 42.0 Å². The number of carbonyl (C=O) groups excluding carboxylic acids is 1. The molecular weight excluding hydrogens is 292 g/mol. The molecule has 0 fully saturated rings. The van der Waals surface area contributed by atoms with Gasteiger partial charge in [-0.05, 0) is 31.7 Å². The molecule has 2 aromatic rings. The van der Waals surface area contributed by atoms with Crippen molar-refractivity contribution in [2.75, 3.05) is 6.54 Å². The molecule has 1 N–H and O–H groups in total. The molecule has 1 amide bonds. The molecular formula is C18H24N2OS. The summed E-state index contributed by atoms with van der Waals surface area (Å²) in [5.41, 5.74) is 3.34. The number of hydrogen-bond acceptors (Lipinski definition) is 3. The van der Waals surface area contributed by atoms with Gasteiger partial charge in [0.2, 0.25) is 0 Å². The van der Waals surface area contributed by atoms with E-state index >= 15 is 0 Å². The first-order valence-electron chi connectivity index (χ1n) is 7.75. The van der Waals surface area contributed by atoms with Crippen LogP contribution in [0.4, 0.5) is 0 Å². The maximum Gasteiger partial charge on any atom is 0.263 e. The van der Waals surface area contributed by atoms with Gasteiger partial charge in [-0.1, -0.05) is 43.7 Å². The Morgan fingerprint density at radius 3 is 2.77 bits per heavy atom. The molecule has 0 bridgehead atoms. The second-order valence-electron chi connectivity index (χ2n) is 6.12. The lowest BCUT2D eigenvalue weighted by molar-refractivity contribution is 0.0957. The van der Waals surface area contributed by atoms with Gasteiger partial charge in [-0.25, -0.2) is 4.98 Å². The third kappa shape index (κ3) is 4.67. The predicted molar refractivity (Wildman–Crippen MR) is 92.6 cm³/mol. The monoisotopic (exact) mass is 316 g/mol. The fourth-order valence-corrected chi connectivity index (χ4v) is 3.56. The number of rotatable bonds is 6. The van der Waals surface area contributed by atoms with Crippen LogP contribution in [-0.4, -0.2) is 17.4 Å². The Morgan fingerprint density at radius 2 is 2.09 bits per heavy atom. The highest BCUT2D eigenvalue weighted by Gasteiger charge is 2.15. The number of aromatic nitrogens is 1. The second-order valence-corrected chi connectivity index (χ2v) is 7.20. The van der Waals surface area contributed by atoms with Gasteiger partial charge in [0, 0.05) is 13.0 Å². The molecule has 118 valence electrons. The summed E-state index contributed by atoms with van der Waals surface area (Å²) < 4.78 is 0. The number of amides is 1. The molecule has 3 nitrogen and oxygen atoms in total. The quantitative estimate of drug-likeness (QED) is 0.877. The van der Waals surface area contributed by atoms with Crippen molar-refractivity contribution in [1.29, 1.82) is 0 Å². The van der Waals surface area contributed by atoms with Gasteiger partial charge in [0.25, 0.3) is 5.91 Å². The zero-order valence-corrected chi connectivity index (χ0v) is 14.6. The third-order valence-corrected chi connectivity index (χ3v) is 4.59. The zero-order valence-electron chi connectivity index (χ0n) is 13.8. The summed E-state index contributed by atoms with van der Waals surface area (Å²) in [5.74, 6) is 0.556. The molecule has 0 unspecified atom stereocenters. The molecule has 1 aromatic carbocycles. The summed E-state index contributed by atoms with van der Waals surface area (Å²) in [6.07, 6.45) is 1.78. The van der Waals surface area contributed by atoms with Crippen molar-refractivity contribution in [3.05, 3.63) is 51.0 Å². The minimum Gasteiger partial charge on any atom is -0.351 e. The Hall–Kier alpha value is -1.68. The van der Waals surface area contributed by atoms with Gasteiger partial charge >= 0.3 is 0 Å². The number of carbonyl (C=O) groups is 1. The van der Waals surface area contributed by atoms with E-state index in [2.05, 4.69) is 55.3 Å². The number of benzene rings is 1. The highest BCUT2D eigenvalue weighted by atomic mass is 32.1. The van der Waals surface area contributed by atoms with Crippen LogP contribution in [0.15, 0.2) is 24.3 Å². The minimum absolute atomic E-state index is 0.00217. The summed E-state index contributed by atoms with van der Waals surface area (Å²) in [4.78, 5) is 17.5. The van der Waals surface area contributed by atoms with Gasteiger partial charge in [-0.2, -0.15) is 0 Å². The van der Waals surface area contributed by atoms with Gasteiger partial charge in [-0.3, -0.25) is 4.79 Å². The third-order valence-electron chi connectivity index (χ3n) is 3.41. The number of nitrogens with one attached hydrogen (secondary N) is 1. The SMILES string of the molecule is Cc1cccc(CCNC(=O)c2sc(CC(C)C)nc2C)c1. The van der Waals surface area contributed by atoms with Crippen molar-refractivity contribution < 1.29 is 4.79 Å². The molecule has 2 rings (SSSR count). The standard InChI is InChI=1S/C18H24N2OS/c1-12(2)10-16-20-14(4)17(22-16)18(21)19-9-8-15-7-5-6-13(3)11-15/h5-7,11-12H,8-10H2,1-4H3,(H,19,21). The van der Waals surface area contributed by atoms with E-state index in [0.29, 0.717) is 12.5 Å². The van der Waals surface area contributed by atoms with Crippen LogP contribution >= 0.6 is 11.3 Å². The number of hydrogen-bond donors (Lipinski definition) is 1. The average Bonchev–Trinajstić information content (AvgIpc) is 2.78. The summed E-state index contributed by atoms with van der Waals surface area (Å²) in [7, 11) is 0. The first-order chi connectivity index (χ1) is 10.5. The van der Waals surface area contributed by atoms with Crippen molar-refractivity contribution in [1.82, 2.24) is 10.3 Å². The molecule has 0 saturated carbocycles. The fourth-order valence-electron chi connectivity index (χ4n) is 2.37. The van der Waals surface area contributed by atoms with E-state index in [0.717, 1.165) is 28.4 Å². The molecule has 22 heavy (non-hydrogen) atoms. The van der Waals surface area contributed by atoms with E-state index in [1.165, 1.54) is 22.5 Å². The summed E-state index contributed by atoms with van der Waals surface area (Å²) in [6.45, 7) is 8.98. The first-order valence-corrected chi connectivity index (χ1v) is 8.57. The molecule has 1 heterocycles. The van der Waals surface area contributed by atoms with Gasteiger partial charge in [0.15, 0.2) is 0 Å². The number of nitrogens with zero attached hydrogens (tertiary/aromatic N) is 1. The van der Waals surface area contributed by atoms with Crippen molar-refractivity contribution in [2.24, 2.45) is 5.92 Å².